The number of pyridine rings is 1. The Labute approximate surface area is 190 Å². The summed E-state index contributed by atoms with van der Waals surface area (Å²) in [5, 5.41) is 0. The SMILES string of the molecule is CCOc1ccc(CN2CCN(C)C(=O)[C@H](Cc3ccccc3-c3cccnc3)C2)cc1. The van der Waals surface area contributed by atoms with Gasteiger partial charge in [-0.1, -0.05) is 42.5 Å². The van der Waals surface area contributed by atoms with Crippen molar-refractivity contribution < 1.29 is 9.53 Å². The van der Waals surface area contributed by atoms with Crippen molar-refractivity contribution in [2.75, 3.05) is 33.3 Å². The summed E-state index contributed by atoms with van der Waals surface area (Å²) >= 11 is 0. The van der Waals surface area contributed by atoms with Gasteiger partial charge in [0.1, 0.15) is 5.75 Å². The van der Waals surface area contributed by atoms with Crippen LogP contribution in [-0.4, -0.2) is 54.0 Å². The maximum atomic E-state index is 13.2. The van der Waals surface area contributed by atoms with Crippen molar-refractivity contribution in [1.82, 2.24) is 14.8 Å². The standard InChI is InChI=1S/C27H31N3O2/c1-3-32-25-12-10-21(11-13-25)19-30-16-15-29(2)27(31)24(20-30)17-22-7-4-5-9-26(22)23-8-6-14-28-18-23/h4-14,18,24H,3,15-17,19-20H2,1-2H3/t24-/m1/s1. The van der Waals surface area contributed by atoms with E-state index in [1.54, 1.807) is 6.20 Å². The highest BCUT2D eigenvalue weighted by molar-refractivity contribution is 5.80. The van der Waals surface area contributed by atoms with Crippen molar-refractivity contribution in [3.05, 3.63) is 84.2 Å². The van der Waals surface area contributed by atoms with Crippen LogP contribution in [0.1, 0.15) is 18.1 Å². The van der Waals surface area contributed by atoms with Gasteiger partial charge in [0.25, 0.3) is 0 Å². The first-order valence-electron chi connectivity index (χ1n) is 11.3. The third-order valence-electron chi connectivity index (χ3n) is 6.05. The maximum absolute atomic E-state index is 13.2. The number of carbonyl (C=O) groups is 1. The van der Waals surface area contributed by atoms with Crippen LogP contribution < -0.4 is 4.74 Å². The van der Waals surface area contributed by atoms with E-state index < -0.39 is 0 Å². The fourth-order valence-corrected chi connectivity index (χ4v) is 4.37. The van der Waals surface area contributed by atoms with Gasteiger partial charge >= 0.3 is 0 Å². The number of nitrogens with zero attached hydrogens (tertiary/aromatic N) is 3. The highest BCUT2D eigenvalue weighted by Gasteiger charge is 2.29. The molecule has 1 saturated heterocycles. The molecule has 1 aromatic heterocycles. The van der Waals surface area contributed by atoms with Gasteiger partial charge in [0, 0.05) is 51.2 Å². The minimum absolute atomic E-state index is 0.0805. The van der Waals surface area contributed by atoms with Gasteiger partial charge < -0.3 is 9.64 Å². The van der Waals surface area contributed by atoms with Crippen LogP contribution >= 0.6 is 0 Å². The molecule has 0 unspecified atom stereocenters. The van der Waals surface area contributed by atoms with Crippen LogP contribution in [0, 0.1) is 5.92 Å². The van der Waals surface area contributed by atoms with Crippen LogP contribution in [0.25, 0.3) is 11.1 Å². The molecule has 0 radical (unpaired) electrons. The predicted molar refractivity (Wildman–Crippen MR) is 127 cm³/mol. The molecule has 32 heavy (non-hydrogen) atoms. The Hall–Kier alpha value is -3.18. The summed E-state index contributed by atoms with van der Waals surface area (Å²) in [6.07, 6.45) is 4.39. The van der Waals surface area contributed by atoms with Crippen molar-refractivity contribution >= 4 is 5.91 Å². The van der Waals surface area contributed by atoms with E-state index in [4.69, 9.17) is 4.74 Å². The van der Waals surface area contributed by atoms with Gasteiger partial charge in [-0.05, 0) is 48.2 Å². The van der Waals surface area contributed by atoms with Crippen LogP contribution in [0.5, 0.6) is 5.75 Å². The van der Waals surface area contributed by atoms with E-state index in [0.717, 1.165) is 43.1 Å². The summed E-state index contributed by atoms with van der Waals surface area (Å²) in [5.41, 5.74) is 4.66. The molecule has 1 amide bonds. The zero-order valence-electron chi connectivity index (χ0n) is 18.9. The lowest BCUT2D eigenvalue weighted by Gasteiger charge is -2.24. The zero-order valence-corrected chi connectivity index (χ0v) is 18.9. The number of hydrogen-bond donors (Lipinski definition) is 0. The van der Waals surface area contributed by atoms with Gasteiger partial charge in [0.05, 0.1) is 12.5 Å². The molecule has 1 aliphatic heterocycles. The Balaban J connectivity index is 1.52. The number of aromatic nitrogens is 1. The Bertz CT molecular complexity index is 1020. The minimum atomic E-state index is -0.0805. The molecule has 5 nitrogen and oxygen atoms in total. The fourth-order valence-electron chi connectivity index (χ4n) is 4.37. The van der Waals surface area contributed by atoms with Gasteiger partial charge in [-0.25, -0.2) is 0 Å². The van der Waals surface area contributed by atoms with E-state index in [-0.39, 0.29) is 11.8 Å². The maximum Gasteiger partial charge on any atom is 0.227 e. The van der Waals surface area contributed by atoms with Gasteiger partial charge in [-0.3, -0.25) is 14.7 Å². The summed E-state index contributed by atoms with van der Waals surface area (Å²) in [6.45, 7) is 5.85. The second kappa shape index (κ2) is 10.4. The van der Waals surface area contributed by atoms with Gasteiger partial charge in [0.2, 0.25) is 5.91 Å². The summed E-state index contributed by atoms with van der Waals surface area (Å²) < 4.78 is 5.56. The highest BCUT2D eigenvalue weighted by Crippen LogP contribution is 2.27. The first kappa shape index (κ1) is 22.0. The highest BCUT2D eigenvalue weighted by atomic mass is 16.5. The molecule has 2 heterocycles. The number of rotatable bonds is 7. The molecule has 1 atom stereocenters. The molecule has 166 valence electrons. The number of amides is 1. The molecule has 0 spiro atoms. The number of likely N-dealkylation sites (N-methyl/N-ethyl adjacent to an activating group) is 1. The summed E-state index contributed by atoms with van der Waals surface area (Å²) in [7, 11) is 1.92. The summed E-state index contributed by atoms with van der Waals surface area (Å²) in [5.74, 6) is 1.04. The molecular weight excluding hydrogens is 398 g/mol. The van der Waals surface area contributed by atoms with Crippen LogP contribution in [0.2, 0.25) is 0 Å². The molecule has 0 aliphatic carbocycles. The predicted octanol–water partition coefficient (Wildman–Crippen LogP) is 4.28. The molecule has 0 saturated carbocycles. The lowest BCUT2D eigenvalue weighted by atomic mass is 9.91. The number of hydrogen-bond acceptors (Lipinski definition) is 4. The number of ether oxygens (including phenoxy) is 1. The molecule has 0 N–H and O–H groups in total. The third kappa shape index (κ3) is 5.35. The third-order valence-corrected chi connectivity index (χ3v) is 6.05. The molecule has 5 heteroatoms. The first-order chi connectivity index (χ1) is 15.6. The van der Waals surface area contributed by atoms with E-state index in [1.165, 1.54) is 11.1 Å². The summed E-state index contributed by atoms with van der Waals surface area (Å²) in [4.78, 5) is 21.7. The molecule has 3 aromatic rings. The Morgan fingerprint density at radius 1 is 1.03 bits per heavy atom. The van der Waals surface area contributed by atoms with Crippen molar-refractivity contribution in [2.24, 2.45) is 5.92 Å². The Kier molecular flexibility index (Phi) is 7.17. The smallest absolute Gasteiger partial charge is 0.227 e. The monoisotopic (exact) mass is 429 g/mol. The van der Waals surface area contributed by atoms with Gasteiger partial charge in [-0.15, -0.1) is 0 Å². The van der Waals surface area contributed by atoms with E-state index >= 15 is 0 Å². The molecule has 1 fully saturated rings. The molecule has 0 bridgehead atoms. The average Bonchev–Trinajstić information content (AvgIpc) is 2.95. The van der Waals surface area contributed by atoms with E-state index in [1.807, 2.05) is 49.3 Å². The molecule has 4 rings (SSSR count). The summed E-state index contributed by atoms with van der Waals surface area (Å²) in [6, 6.07) is 20.7. The largest absolute Gasteiger partial charge is 0.494 e. The first-order valence-corrected chi connectivity index (χ1v) is 11.3. The van der Waals surface area contributed by atoms with Crippen LogP contribution in [0.3, 0.4) is 0 Å². The second-order valence-electron chi connectivity index (χ2n) is 8.37. The quantitative estimate of drug-likeness (QED) is 0.562. The van der Waals surface area contributed by atoms with Gasteiger partial charge in [0.15, 0.2) is 0 Å². The molecule has 1 aliphatic rings. The zero-order chi connectivity index (χ0) is 22.3. The van der Waals surface area contributed by atoms with Crippen molar-refractivity contribution in [3.8, 4) is 16.9 Å². The Morgan fingerprint density at radius 3 is 2.59 bits per heavy atom. The second-order valence-corrected chi connectivity index (χ2v) is 8.37. The Morgan fingerprint density at radius 2 is 1.84 bits per heavy atom. The van der Waals surface area contributed by atoms with Gasteiger partial charge in [-0.2, -0.15) is 0 Å². The van der Waals surface area contributed by atoms with E-state index in [9.17, 15) is 4.79 Å². The van der Waals surface area contributed by atoms with Crippen LogP contribution in [0.4, 0.5) is 0 Å². The van der Waals surface area contributed by atoms with Crippen molar-refractivity contribution in [2.45, 2.75) is 19.9 Å². The van der Waals surface area contributed by atoms with Crippen molar-refractivity contribution in [1.29, 1.82) is 0 Å². The minimum Gasteiger partial charge on any atom is -0.494 e. The lowest BCUT2D eigenvalue weighted by Crippen LogP contribution is -2.34. The van der Waals surface area contributed by atoms with Crippen molar-refractivity contribution in [3.63, 3.8) is 0 Å². The van der Waals surface area contributed by atoms with Crippen LogP contribution in [0.15, 0.2) is 73.1 Å². The van der Waals surface area contributed by atoms with E-state index in [2.05, 4.69) is 46.3 Å². The normalized spacial score (nSPS) is 17.2. The van der Waals surface area contributed by atoms with Crippen LogP contribution in [-0.2, 0) is 17.8 Å². The number of carbonyl (C=O) groups excluding carboxylic acids is 1. The molecule has 2 aromatic carbocycles. The molecular formula is C27H31N3O2. The van der Waals surface area contributed by atoms with E-state index in [0.29, 0.717) is 13.0 Å². The lowest BCUT2D eigenvalue weighted by molar-refractivity contribution is -0.133. The number of benzene rings is 2. The average molecular weight is 430 g/mol. The topological polar surface area (TPSA) is 45.7 Å². The fraction of sp³-hybridized carbons (Fsp3) is 0.333.